The van der Waals surface area contributed by atoms with Crippen LogP contribution in [0.5, 0.6) is 0 Å². The smallest absolute Gasteiger partial charge is 0.157 e. The van der Waals surface area contributed by atoms with Gasteiger partial charge < -0.3 is 5.32 Å². The molecule has 0 aliphatic rings. The number of hydrogen-bond acceptors (Lipinski definition) is 4. The zero-order valence-corrected chi connectivity index (χ0v) is 10.6. The zero-order valence-electron chi connectivity index (χ0n) is 9.77. The topological polar surface area (TPSA) is 42.2 Å². The second-order valence-electron chi connectivity index (χ2n) is 3.95. The molecule has 5 heteroatoms. The average Bonchev–Trinajstić information content (AvgIpc) is 2.65. The van der Waals surface area contributed by atoms with E-state index in [1.807, 2.05) is 22.3 Å². The van der Waals surface area contributed by atoms with Crippen LogP contribution in [0.3, 0.4) is 0 Å². The van der Waals surface area contributed by atoms with Crippen molar-refractivity contribution in [3.8, 4) is 0 Å². The molecule has 0 amide bonds. The third-order valence-corrected chi connectivity index (χ3v) is 3.17. The Morgan fingerprint density at radius 2 is 2.31 bits per heavy atom. The van der Waals surface area contributed by atoms with Crippen LogP contribution in [0.4, 0.5) is 5.82 Å². The summed E-state index contributed by atoms with van der Waals surface area (Å²) in [5.41, 5.74) is 2.08. The number of thioether (sulfide) groups is 1. The monoisotopic (exact) mass is 236 g/mol. The van der Waals surface area contributed by atoms with Crippen molar-refractivity contribution >= 4 is 23.2 Å². The number of hydrogen-bond donors (Lipinski definition) is 1. The quantitative estimate of drug-likeness (QED) is 0.883. The molecular weight excluding hydrogens is 220 g/mol. The minimum absolute atomic E-state index is 0.421. The van der Waals surface area contributed by atoms with Gasteiger partial charge in [-0.1, -0.05) is 0 Å². The largest absolute Gasteiger partial charge is 0.367 e. The van der Waals surface area contributed by atoms with Gasteiger partial charge >= 0.3 is 0 Å². The van der Waals surface area contributed by atoms with Crippen LogP contribution in [0.15, 0.2) is 18.5 Å². The van der Waals surface area contributed by atoms with Crippen molar-refractivity contribution in [2.75, 3.05) is 17.3 Å². The molecule has 16 heavy (non-hydrogen) atoms. The molecule has 0 fully saturated rings. The molecule has 0 aliphatic heterocycles. The number of nitrogens with zero attached hydrogens (tertiary/aromatic N) is 3. The van der Waals surface area contributed by atoms with Crippen molar-refractivity contribution in [3.63, 3.8) is 0 Å². The van der Waals surface area contributed by atoms with Crippen molar-refractivity contribution in [2.24, 2.45) is 0 Å². The minimum atomic E-state index is 0.421. The molecule has 1 N–H and O–H groups in total. The van der Waals surface area contributed by atoms with Crippen LogP contribution in [-0.4, -0.2) is 32.6 Å². The molecule has 0 saturated carbocycles. The lowest BCUT2D eigenvalue weighted by Crippen LogP contribution is -2.19. The Balaban J connectivity index is 2.31. The van der Waals surface area contributed by atoms with E-state index >= 15 is 0 Å². The Morgan fingerprint density at radius 3 is 3.06 bits per heavy atom. The summed E-state index contributed by atoms with van der Waals surface area (Å²) in [4.78, 5) is 4.20. The lowest BCUT2D eigenvalue weighted by Gasteiger charge is -2.15. The number of aromatic nitrogens is 3. The number of aryl methyl sites for hydroxylation is 1. The van der Waals surface area contributed by atoms with Crippen molar-refractivity contribution in [1.29, 1.82) is 0 Å². The highest BCUT2D eigenvalue weighted by Gasteiger charge is 2.06. The van der Waals surface area contributed by atoms with Crippen molar-refractivity contribution in [2.45, 2.75) is 19.9 Å². The molecule has 0 aromatic carbocycles. The highest BCUT2D eigenvalue weighted by Crippen LogP contribution is 2.14. The minimum Gasteiger partial charge on any atom is -0.367 e. The maximum absolute atomic E-state index is 4.21. The fourth-order valence-corrected chi connectivity index (χ4v) is 2.29. The van der Waals surface area contributed by atoms with Gasteiger partial charge in [0.1, 0.15) is 12.1 Å². The van der Waals surface area contributed by atoms with Crippen LogP contribution in [0.25, 0.3) is 5.65 Å². The molecule has 1 unspecified atom stereocenters. The lowest BCUT2D eigenvalue weighted by atomic mass is 10.3. The third-order valence-electron chi connectivity index (χ3n) is 2.33. The lowest BCUT2D eigenvalue weighted by molar-refractivity contribution is 0.866. The number of nitrogens with one attached hydrogen (secondary N) is 1. The van der Waals surface area contributed by atoms with Gasteiger partial charge in [0, 0.05) is 11.8 Å². The van der Waals surface area contributed by atoms with Gasteiger partial charge in [-0.2, -0.15) is 21.4 Å². The molecule has 2 rings (SSSR count). The van der Waals surface area contributed by atoms with Crippen molar-refractivity contribution < 1.29 is 0 Å². The maximum Gasteiger partial charge on any atom is 0.157 e. The van der Waals surface area contributed by atoms with Gasteiger partial charge in [-0.05, 0) is 37.8 Å². The van der Waals surface area contributed by atoms with Crippen LogP contribution in [0.1, 0.15) is 12.5 Å². The molecule has 0 spiro atoms. The summed E-state index contributed by atoms with van der Waals surface area (Å²) in [6.45, 7) is 4.24. The highest BCUT2D eigenvalue weighted by molar-refractivity contribution is 7.98. The number of fused-ring (bicyclic) bond motifs is 1. The predicted molar refractivity (Wildman–Crippen MR) is 69.2 cm³/mol. The molecule has 0 radical (unpaired) electrons. The molecule has 2 aromatic rings. The Morgan fingerprint density at radius 1 is 1.50 bits per heavy atom. The van der Waals surface area contributed by atoms with Crippen LogP contribution >= 0.6 is 11.8 Å². The Labute approximate surface area is 99.5 Å². The SMILES string of the molecule is CSCC(C)Nc1cc(C)cc2ncnn12. The van der Waals surface area contributed by atoms with Gasteiger partial charge in [0.25, 0.3) is 0 Å². The number of pyridine rings is 1. The summed E-state index contributed by atoms with van der Waals surface area (Å²) in [5, 5.41) is 7.66. The van der Waals surface area contributed by atoms with Crippen molar-refractivity contribution in [3.05, 3.63) is 24.0 Å². The Hall–Kier alpha value is -1.23. The first-order valence-electron chi connectivity index (χ1n) is 5.26. The number of rotatable bonds is 4. The van der Waals surface area contributed by atoms with E-state index in [9.17, 15) is 0 Å². The van der Waals surface area contributed by atoms with Crippen LogP contribution in [-0.2, 0) is 0 Å². The summed E-state index contributed by atoms with van der Waals surface area (Å²) in [6.07, 6.45) is 3.69. The second-order valence-corrected chi connectivity index (χ2v) is 4.86. The van der Waals surface area contributed by atoms with Gasteiger partial charge in [0.05, 0.1) is 0 Å². The van der Waals surface area contributed by atoms with Gasteiger partial charge in [0.2, 0.25) is 0 Å². The van der Waals surface area contributed by atoms with E-state index in [-0.39, 0.29) is 0 Å². The molecule has 0 bridgehead atoms. The fraction of sp³-hybridized carbons (Fsp3) is 0.455. The van der Waals surface area contributed by atoms with Crippen LogP contribution in [0, 0.1) is 6.92 Å². The predicted octanol–water partition coefficient (Wildman–Crippen LogP) is 2.20. The first kappa shape index (κ1) is 11.3. The molecule has 86 valence electrons. The fourth-order valence-electron chi connectivity index (χ4n) is 1.70. The third kappa shape index (κ3) is 2.29. The summed E-state index contributed by atoms with van der Waals surface area (Å²) >= 11 is 1.83. The van der Waals surface area contributed by atoms with Crippen LogP contribution in [0.2, 0.25) is 0 Å². The van der Waals surface area contributed by atoms with Gasteiger partial charge in [-0.15, -0.1) is 0 Å². The van der Waals surface area contributed by atoms with E-state index in [0.717, 1.165) is 17.2 Å². The Bertz CT molecular complexity index is 480. The summed E-state index contributed by atoms with van der Waals surface area (Å²) in [6, 6.07) is 4.54. The van der Waals surface area contributed by atoms with Crippen LogP contribution < -0.4 is 5.32 Å². The summed E-state index contributed by atoms with van der Waals surface area (Å²) < 4.78 is 1.84. The van der Waals surface area contributed by atoms with E-state index in [1.165, 1.54) is 5.56 Å². The molecule has 2 heterocycles. The molecule has 1 atom stereocenters. The molecule has 2 aromatic heterocycles. The second kappa shape index (κ2) is 4.74. The van der Waals surface area contributed by atoms with E-state index < -0.39 is 0 Å². The Kier molecular flexibility index (Phi) is 3.33. The summed E-state index contributed by atoms with van der Waals surface area (Å²) in [7, 11) is 0. The van der Waals surface area contributed by atoms with Crippen molar-refractivity contribution in [1.82, 2.24) is 14.6 Å². The molecule has 0 aliphatic carbocycles. The van der Waals surface area contributed by atoms with E-state index in [2.05, 4.69) is 41.6 Å². The maximum atomic E-state index is 4.21. The summed E-state index contributed by atoms with van der Waals surface area (Å²) in [5.74, 6) is 2.08. The highest BCUT2D eigenvalue weighted by atomic mass is 32.2. The van der Waals surface area contributed by atoms with E-state index in [1.54, 1.807) is 6.33 Å². The number of anilines is 1. The van der Waals surface area contributed by atoms with Gasteiger partial charge in [0.15, 0.2) is 5.65 Å². The molecule has 4 nitrogen and oxygen atoms in total. The molecule has 0 saturated heterocycles. The molecular formula is C11H16N4S. The van der Waals surface area contributed by atoms with E-state index in [4.69, 9.17) is 0 Å². The normalized spacial score (nSPS) is 12.9. The first-order valence-corrected chi connectivity index (χ1v) is 6.66. The standard InChI is InChI=1S/C11H16N4S/c1-8-4-10-12-7-13-15(10)11(5-8)14-9(2)6-16-3/h4-5,7,9,14H,6H2,1-3H3. The van der Waals surface area contributed by atoms with E-state index in [0.29, 0.717) is 6.04 Å². The van der Waals surface area contributed by atoms with Gasteiger partial charge in [-0.25, -0.2) is 4.98 Å². The average molecular weight is 236 g/mol. The van der Waals surface area contributed by atoms with Gasteiger partial charge in [-0.3, -0.25) is 0 Å². The first-order chi connectivity index (χ1) is 7.70. The zero-order chi connectivity index (χ0) is 11.5.